The molecule has 28 heavy (non-hydrogen) atoms. The predicted octanol–water partition coefficient (Wildman–Crippen LogP) is 3.70. The van der Waals surface area contributed by atoms with Crippen LogP contribution in [0.25, 0.3) is 0 Å². The molecule has 1 N–H and O–H groups in total. The third-order valence-electron chi connectivity index (χ3n) is 4.43. The van der Waals surface area contributed by atoms with Crippen LogP contribution in [0.4, 0.5) is 4.39 Å². The Morgan fingerprint density at radius 3 is 2.39 bits per heavy atom. The molecule has 5 nitrogen and oxygen atoms in total. The standard InChI is InChI=1S/C22H22FN3O2/c1-2-3-15-26-20(27)14-13-19(25-26)22(28)24-21(16-7-5-4-6-8-16)17-9-11-18(23)12-10-17/h4-14,21H,2-3,15H2,1H3,(H,24,28). The molecule has 0 spiro atoms. The first-order valence-corrected chi connectivity index (χ1v) is 9.28. The number of unbranched alkanes of at least 4 members (excludes halogenated alkanes) is 1. The van der Waals surface area contributed by atoms with Gasteiger partial charge in [-0.2, -0.15) is 5.10 Å². The maximum absolute atomic E-state index is 13.3. The number of rotatable bonds is 7. The third-order valence-corrected chi connectivity index (χ3v) is 4.43. The zero-order chi connectivity index (χ0) is 19.9. The van der Waals surface area contributed by atoms with Crippen molar-refractivity contribution in [3.05, 3.63) is 99.7 Å². The summed E-state index contributed by atoms with van der Waals surface area (Å²) in [5.41, 5.74) is 1.55. The Morgan fingerprint density at radius 1 is 1.04 bits per heavy atom. The monoisotopic (exact) mass is 379 g/mol. The predicted molar refractivity (Wildman–Crippen MR) is 106 cm³/mol. The molecule has 144 valence electrons. The van der Waals surface area contributed by atoms with Crippen molar-refractivity contribution in [3.8, 4) is 0 Å². The molecule has 0 saturated carbocycles. The number of carbonyl (C=O) groups is 1. The van der Waals surface area contributed by atoms with Crippen molar-refractivity contribution in [3.63, 3.8) is 0 Å². The number of amides is 1. The molecule has 0 fully saturated rings. The van der Waals surface area contributed by atoms with Crippen LogP contribution < -0.4 is 10.9 Å². The average Bonchev–Trinajstić information content (AvgIpc) is 2.72. The van der Waals surface area contributed by atoms with Crippen LogP contribution in [0.2, 0.25) is 0 Å². The van der Waals surface area contributed by atoms with Gasteiger partial charge in [0.2, 0.25) is 0 Å². The van der Waals surface area contributed by atoms with E-state index in [-0.39, 0.29) is 17.1 Å². The van der Waals surface area contributed by atoms with Crippen LogP contribution in [0.15, 0.2) is 71.5 Å². The molecule has 1 amide bonds. The number of nitrogens with one attached hydrogen (secondary N) is 1. The van der Waals surface area contributed by atoms with E-state index in [2.05, 4.69) is 10.4 Å². The molecule has 0 aliphatic heterocycles. The molecule has 3 aromatic rings. The zero-order valence-corrected chi connectivity index (χ0v) is 15.6. The average molecular weight is 379 g/mol. The van der Waals surface area contributed by atoms with Crippen molar-refractivity contribution in [2.75, 3.05) is 0 Å². The maximum Gasteiger partial charge on any atom is 0.272 e. The largest absolute Gasteiger partial charge is 0.340 e. The van der Waals surface area contributed by atoms with Gasteiger partial charge in [-0.3, -0.25) is 9.59 Å². The van der Waals surface area contributed by atoms with Crippen LogP contribution in [-0.4, -0.2) is 15.7 Å². The lowest BCUT2D eigenvalue weighted by atomic mass is 9.98. The lowest BCUT2D eigenvalue weighted by Crippen LogP contribution is -2.32. The summed E-state index contributed by atoms with van der Waals surface area (Å²) >= 11 is 0. The first kappa shape index (κ1) is 19.5. The van der Waals surface area contributed by atoms with Gasteiger partial charge in [-0.25, -0.2) is 9.07 Å². The van der Waals surface area contributed by atoms with Crippen molar-refractivity contribution in [1.29, 1.82) is 0 Å². The Balaban J connectivity index is 1.89. The van der Waals surface area contributed by atoms with Crippen molar-refractivity contribution in [2.24, 2.45) is 0 Å². The van der Waals surface area contributed by atoms with Crippen LogP contribution in [0.1, 0.15) is 47.4 Å². The van der Waals surface area contributed by atoms with Gasteiger partial charge in [0.05, 0.1) is 6.04 Å². The summed E-state index contributed by atoms with van der Waals surface area (Å²) < 4.78 is 14.6. The second kappa shape index (κ2) is 9.08. The topological polar surface area (TPSA) is 64.0 Å². The number of hydrogen-bond acceptors (Lipinski definition) is 3. The van der Waals surface area contributed by atoms with E-state index >= 15 is 0 Å². The smallest absolute Gasteiger partial charge is 0.272 e. The number of benzene rings is 2. The van der Waals surface area contributed by atoms with Crippen molar-refractivity contribution >= 4 is 5.91 Å². The van der Waals surface area contributed by atoms with Crippen molar-refractivity contribution < 1.29 is 9.18 Å². The number of hydrogen-bond donors (Lipinski definition) is 1. The minimum Gasteiger partial charge on any atom is -0.340 e. The Hall–Kier alpha value is -3.28. The maximum atomic E-state index is 13.3. The van der Waals surface area contributed by atoms with E-state index in [4.69, 9.17) is 0 Å². The molecule has 1 unspecified atom stereocenters. The van der Waals surface area contributed by atoms with Gasteiger partial charge in [0.1, 0.15) is 11.5 Å². The third kappa shape index (κ3) is 4.71. The summed E-state index contributed by atoms with van der Waals surface area (Å²) in [5, 5.41) is 7.15. The molecule has 6 heteroatoms. The lowest BCUT2D eigenvalue weighted by molar-refractivity contribution is 0.0935. The number of halogens is 1. The molecule has 0 saturated heterocycles. The number of carbonyl (C=O) groups excluding carboxylic acids is 1. The summed E-state index contributed by atoms with van der Waals surface area (Å²) in [4.78, 5) is 24.8. The molecule has 1 heterocycles. The Morgan fingerprint density at radius 2 is 1.71 bits per heavy atom. The van der Waals surface area contributed by atoms with E-state index in [1.165, 1.54) is 28.9 Å². The van der Waals surface area contributed by atoms with Gasteiger partial charge in [-0.15, -0.1) is 0 Å². The molecule has 1 atom stereocenters. The highest BCUT2D eigenvalue weighted by atomic mass is 19.1. The number of nitrogens with zero attached hydrogens (tertiary/aromatic N) is 2. The molecule has 3 rings (SSSR count). The van der Waals surface area contributed by atoms with Gasteiger partial charge in [-0.05, 0) is 35.7 Å². The Labute approximate surface area is 162 Å². The zero-order valence-electron chi connectivity index (χ0n) is 15.6. The van der Waals surface area contributed by atoms with E-state index < -0.39 is 11.9 Å². The Kier molecular flexibility index (Phi) is 6.32. The molecular formula is C22H22FN3O2. The number of aryl methyl sites for hydroxylation is 1. The summed E-state index contributed by atoms with van der Waals surface area (Å²) in [6, 6.07) is 17.7. The molecule has 0 radical (unpaired) electrons. The van der Waals surface area contributed by atoms with Crippen LogP contribution in [0, 0.1) is 5.82 Å². The summed E-state index contributed by atoms with van der Waals surface area (Å²) in [7, 11) is 0. The van der Waals surface area contributed by atoms with Gasteiger partial charge in [0, 0.05) is 12.6 Å². The quantitative estimate of drug-likeness (QED) is 0.681. The van der Waals surface area contributed by atoms with Crippen molar-refractivity contribution in [1.82, 2.24) is 15.1 Å². The van der Waals surface area contributed by atoms with Gasteiger partial charge in [-0.1, -0.05) is 55.8 Å². The molecule has 0 aliphatic rings. The van der Waals surface area contributed by atoms with E-state index in [0.717, 1.165) is 24.0 Å². The van der Waals surface area contributed by atoms with Gasteiger partial charge < -0.3 is 5.32 Å². The number of aromatic nitrogens is 2. The summed E-state index contributed by atoms with van der Waals surface area (Å²) in [5.74, 6) is -0.741. The van der Waals surface area contributed by atoms with Crippen LogP contribution in [0.5, 0.6) is 0 Å². The van der Waals surface area contributed by atoms with Gasteiger partial charge in [0.15, 0.2) is 0 Å². The minimum atomic E-state index is -0.466. The SMILES string of the molecule is CCCCn1nc(C(=O)NC(c2ccccc2)c2ccc(F)cc2)ccc1=O. The highest BCUT2D eigenvalue weighted by Crippen LogP contribution is 2.22. The molecule has 0 aliphatic carbocycles. The second-order valence-corrected chi connectivity index (χ2v) is 6.50. The summed E-state index contributed by atoms with van der Waals surface area (Å²) in [6.07, 6.45) is 1.73. The normalized spacial score (nSPS) is 11.8. The van der Waals surface area contributed by atoms with Gasteiger partial charge >= 0.3 is 0 Å². The molecular weight excluding hydrogens is 357 g/mol. The fourth-order valence-electron chi connectivity index (χ4n) is 2.90. The fourth-order valence-corrected chi connectivity index (χ4v) is 2.90. The second-order valence-electron chi connectivity index (χ2n) is 6.50. The van der Waals surface area contributed by atoms with Crippen LogP contribution in [0.3, 0.4) is 0 Å². The minimum absolute atomic E-state index is 0.166. The van der Waals surface area contributed by atoms with E-state index in [0.29, 0.717) is 6.54 Å². The summed E-state index contributed by atoms with van der Waals surface area (Å²) in [6.45, 7) is 2.49. The first-order valence-electron chi connectivity index (χ1n) is 9.28. The molecule has 0 bridgehead atoms. The fraction of sp³-hybridized carbons (Fsp3) is 0.227. The van der Waals surface area contributed by atoms with E-state index in [9.17, 15) is 14.0 Å². The van der Waals surface area contributed by atoms with Crippen LogP contribution >= 0.6 is 0 Å². The lowest BCUT2D eigenvalue weighted by Gasteiger charge is -2.20. The van der Waals surface area contributed by atoms with Crippen LogP contribution in [-0.2, 0) is 6.54 Å². The molecule has 1 aromatic heterocycles. The van der Waals surface area contributed by atoms with E-state index in [1.54, 1.807) is 12.1 Å². The van der Waals surface area contributed by atoms with Gasteiger partial charge in [0.25, 0.3) is 11.5 Å². The highest BCUT2D eigenvalue weighted by Gasteiger charge is 2.19. The first-order chi connectivity index (χ1) is 13.6. The Bertz CT molecular complexity index is 985. The van der Waals surface area contributed by atoms with E-state index in [1.807, 2.05) is 37.3 Å². The molecule has 2 aromatic carbocycles. The van der Waals surface area contributed by atoms with Crippen molar-refractivity contribution in [2.45, 2.75) is 32.4 Å². The highest BCUT2D eigenvalue weighted by molar-refractivity contribution is 5.92.